The molecule has 0 amide bonds. The van der Waals surface area contributed by atoms with Gasteiger partial charge in [0.2, 0.25) is 0 Å². The van der Waals surface area contributed by atoms with E-state index in [4.69, 9.17) is 14.2 Å². The van der Waals surface area contributed by atoms with Crippen LogP contribution in [0.2, 0.25) is 0 Å². The van der Waals surface area contributed by atoms with Gasteiger partial charge < -0.3 is 14.2 Å². The molecule has 1 saturated heterocycles. The number of fused-ring (bicyclic) bond motifs is 1. The van der Waals surface area contributed by atoms with Gasteiger partial charge in [0.25, 0.3) is 0 Å². The van der Waals surface area contributed by atoms with Crippen LogP contribution in [-0.2, 0) is 28.6 Å². The van der Waals surface area contributed by atoms with Crippen molar-refractivity contribution in [3.05, 3.63) is 35.5 Å². The molecule has 1 aliphatic carbocycles. The number of esters is 2. The van der Waals surface area contributed by atoms with Crippen molar-refractivity contribution in [3.8, 4) is 0 Å². The van der Waals surface area contributed by atoms with E-state index in [1.807, 2.05) is 19.9 Å². The van der Waals surface area contributed by atoms with Gasteiger partial charge in [0.05, 0.1) is 11.8 Å². The van der Waals surface area contributed by atoms with Crippen LogP contribution in [0.5, 0.6) is 0 Å². The molecule has 6 nitrogen and oxygen atoms in total. The molecule has 0 spiro atoms. The summed E-state index contributed by atoms with van der Waals surface area (Å²) in [6, 6.07) is 0. The van der Waals surface area contributed by atoms with E-state index in [1.54, 1.807) is 13.0 Å². The molecule has 2 aliphatic rings. The highest BCUT2D eigenvalue weighted by atomic mass is 16.6. The van der Waals surface area contributed by atoms with Crippen LogP contribution in [0.15, 0.2) is 35.5 Å². The Hall–Kier alpha value is -2.21. The normalized spacial score (nSPS) is 33.6. The Morgan fingerprint density at radius 1 is 1.48 bits per heavy atom. The van der Waals surface area contributed by atoms with Crippen LogP contribution in [0, 0.1) is 11.8 Å². The topological polar surface area (TPSA) is 78.9 Å². The van der Waals surface area contributed by atoms with E-state index in [0.29, 0.717) is 24.7 Å². The highest BCUT2D eigenvalue weighted by Crippen LogP contribution is 2.37. The number of hydrogen-bond acceptors (Lipinski definition) is 6. The maximum absolute atomic E-state index is 12.5. The minimum absolute atomic E-state index is 0.221. The van der Waals surface area contributed by atoms with Gasteiger partial charge in [0.1, 0.15) is 24.6 Å². The number of rotatable bonds is 5. The van der Waals surface area contributed by atoms with Crippen LogP contribution in [0.1, 0.15) is 40.0 Å². The molecule has 0 N–H and O–H groups in total. The van der Waals surface area contributed by atoms with E-state index in [0.717, 1.165) is 12.0 Å². The third kappa shape index (κ3) is 4.56. The lowest BCUT2D eigenvalue weighted by atomic mass is 9.83. The van der Waals surface area contributed by atoms with E-state index in [1.165, 1.54) is 7.11 Å². The van der Waals surface area contributed by atoms with Gasteiger partial charge in [-0.05, 0) is 32.3 Å². The molecule has 27 heavy (non-hydrogen) atoms. The summed E-state index contributed by atoms with van der Waals surface area (Å²) in [4.78, 5) is 36.4. The molecule has 1 fully saturated rings. The van der Waals surface area contributed by atoms with E-state index in [9.17, 15) is 14.4 Å². The summed E-state index contributed by atoms with van der Waals surface area (Å²) in [5.74, 6) is -1.86. The fourth-order valence-electron chi connectivity index (χ4n) is 3.39. The average molecular weight is 376 g/mol. The lowest BCUT2D eigenvalue weighted by Crippen LogP contribution is -2.44. The fraction of sp³-hybridized carbons (Fsp3) is 0.571. The highest BCUT2D eigenvalue weighted by Gasteiger charge is 2.48. The second-order valence-corrected chi connectivity index (χ2v) is 7.16. The quantitative estimate of drug-likeness (QED) is 0.318. The monoisotopic (exact) mass is 376 g/mol. The molecule has 6 heteroatoms. The Kier molecular flexibility index (Phi) is 7.13. The first-order valence-electron chi connectivity index (χ1n) is 9.29. The zero-order valence-corrected chi connectivity index (χ0v) is 16.4. The summed E-state index contributed by atoms with van der Waals surface area (Å²) in [6.45, 7) is 9.46. The predicted molar refractivity (Wildman–Crippen MR) is 99.8 cm³/mol. The summed E-state index contributed by atoms with van der Waals surface area (Å²) < 4.78 is 16.8. The number of ether oxygens (including phenoxy) is 3. The van der Waals surface area contributed by atoms with Crippen LogP contribution in [0.25, 0.3) is 0 Å². The van der Waals surface area contributed by atoms with Crippen molar-refractivity contribution in [1.82, 2.24) is 0 Å². The van der Waals surface area contributed by atoms with Gasteiger partial charge in [-0.3, -0.25) is 9.59 Å². The molecule has 5 atom stereocenters. The van der Waals surface area contributed by atoms with Gasteiger partial charge in [-0.2, -0.15) is 0 Å². The zero-order valence-electron chi connectivity index (χ0n) is 16.4. The molecule has 0 bridgehead atoms. The summed E-state index contributed by atoms with van der Waals surface area (Å²) >= 11 is 0. The molecule has 0 saturated carbocycles. The molecule has 0 aromatic heterocycles. The van der Waals surface area contributed by atoms with Crippen molar-refractivity contribution < 1.29 is 28.6 Å². The summed E-state index contributed by atoms with van der Waals surface area (Å²) in [5.41, 5.74) is 1.63. The van der Waals surface area contributed by atoms with Crippen molar-refractivity contribution in [1.29, 1.82) is 0 Å². The first-order valence-corrected chi connectivity index (χ1v) is 9.29. The van der Waals surface area contributed by atoms with Crippen molar-refractivity contribution in [2.24, 2.45) is 11.8 Å². The molecule has 148 valence electrons. The van der Waals surface area contributed by atoms with Crippen LogP contribution in [-0.4, -0.2) is 43.6 Å². The largest absolute Gasteiger partial charge is 0.458 e. The van der Waals surface area contributed by atoms with Crippen molar-refractivity contribution >= 4 is 18.2 Å². The average Bonchev–Trinajstić information content (AvgIpc) is 2.92. The molecule has 0 unspecified atom stereocenters. The number of methoxy groups -OCH3 is 1. The fourth-order valence-corrected chi connectivity index (χ4v) is 3.39. The Labute approximate surface area is 160 Å². The van der Waals surface area contributed by atoms with E-state index >= 15 is 0 Å². The Bertz CT molecular complexity index is 674. The highest BCUT2D eigenvalue weighted by molar-refractivity contribution is 5.91. The summed E-state index contributed by atoms with van der Waals surface area (Å²) in [5, 5.41) is 0. The lowest BCUT2D eigenvalue weighted by Gasteiger charge is -2.33. The number of allylic oxidation sites excluding steroid dienone is 2. The number of carbonyl (C=O) groups excluding carboxylic acids is 3. The van der Waals surface area contributed by atoms with Crippen molar-refractivity contribution in [2.75, 3.05) is 7.11 Å². The van der Waals surface area contributed by atoms with Gasteiger partial charge >= 0.3 is 11.9 Å². The Balaban J connectivity index is 2.54. The van der Waals surface area contributed by atoms with E-state index < -0.39 is 36.2 Å². The van der Waals surface area contributed by atoms with Gasteiger partial charge in [-0.25, -0.2) is 4.79 Å². The van der Waals surface area contributed by atoms with Gasteiger partial charge in [-0.15, -0.1) is 0 Å². The predicted octanol–water partition coefficient (Wildman–Crippen LogP) is 2.92. The number of hydrogen-bond donors (Lipinski definition) is 0. The smallest absolute Gasteiger partial charge is 0.334 e. The summed E-state index contributed by atoms with van der Waals surface area (Å²) in [7, 11) is 1.45. The molecule has 2 rings (SSSR count). The third-order valence-electron chi connectivity index (χ3n) is 5.27. The minimum atomic E-state index is -0.890. The molecule has 1 aliphatic heterocycles. The molecule has 1 heterocycles. The van der Waals surface area contributed by atoms with Crippen LogP contribution < -0.4 is 0 Å². The van der Waals surface area contributed by atoms with Crippen LogP contribution in [0.3, 0.4) is 0 Å². The molecule has 0 aromatic rings. The minimum Gasteiger partial charge on any atom is -0.458 e. The molecular weight excluding hydrogens is 348 g/mol. The Morgan fingerprint density at radius 2 is 2.19 bits per heavy atom. The Morgan fingerprint density at radius 3 is 2.78 bits per heavy atom. The number of carbonyl (C=O) groups is 3. The van der Waals surface area contributed by atoms with Crippen molar-refractivity contribution in [2.45, 2.75) is 58.3 Å². The first kappa shape index (κ1) is 21.1. The first-order chi connectivity index (χ1) is 12.8. The van der Waals surface area contributed by atoms with Gasteiger partial charge in [0.15, 0.2) is 0 Å². The standard InChI is InChI=1S/C21H28O6/c1-6-13(3)20(23)27-19-17-14(4)21(24)26-16(17)10-12(2)8-7-9-15(11-22)18(19)25-5/h9-11,13,16-19H,4,6-8H2,1-3,5H3/b12-10+,15-9+/t13-,16-,17+,18+,19+/m1/s1. The number of aldehydes is 1. The molecule has 0 aromatic carbocycles. The third-order valence-corrected chi connectivity index (χ3v) is 5.27. The SMILES string of the molecule is C=C1C(=O)O[C@@H]2/C=C(\C)CC/C=C(\C=O)[C@H](OC)[C@@H](OC(=O)[C@H](C)CC)[C@@H]12. The van der Waals surface area contributed by atoms with Crippen molar-refractivity contribution in [3.63, 3.8) is 0 Å². The zero-order chi connectivity index (χ0) is 20.1. The maximum atomic E-state index is 12.5. The van der Waals surface area contributed by atoms with Crippen LogP contribution in [0.4, 0.5) is 0 Å². The second-order valence-electron chi connectivity index (χ2n) is 7.16. The molecular formula is C21H28O6. The van der Waals surface area contributed by atoms with Gasteiger partial charge in [0, 0.05) is 18.3 Å². The summed E-state index contributed by atoms with van der Waals surface area (Å²) in [6.07, 6.45) is 4.05. The lowest BCUT2D eigenvalue weighted by molar-refractivity contribution is -0.164. The van der Waals surface area contributed by atoms with Gasteiger partial charge in [-0.1, -0.05) is 32.1 Å². The van der Waals surface area contributed by atoms with E-state index in [-0.39, 0.29) is 11.5 Å². The van der Waals surface area contributed by atoms with Crippen LogP contribution >= 0.6 is 0 Å². The molecule has 0 radical (unpaired) electrons. The second kappa shape index (κ2) is 9.13. The van der Waals surface area contributed by atoms with E-state index in [2.05, 4.69) is 6.58 Å². The maximum Gasteiger partial charge on any atom is 0.334 e.